The molecule has 0 nitrogen and oxygen atoms in total. The summed E-state index contributed by atoms with van der Waals surface area (Å²) in [5, 5.41) is 1.73. The molecule has 6 rings (SSSR count). The zero-order chi connectivity index (χ0) is 33.6. The van der Waals surface area contributed by atoms with Gasteiger partial charge in [0, 0.05) is 0 Å². The van der Waals surface area contributed by atoms with Crippen molar-refractivity contribution in [2.45, 2.75) is 38.2 Å². The molecule has 0 atom stereocenters. The number of allylic oxidation sites excluding steroid dienone is 2. The van der Waals surface area contributed by atoms with E-state index in [2.05, 4.69) is 20.8 Å². The SMILES string of the molecule is CC(C)(C)[Si]1(c2ccccc2)C(c2cccc(C(F)(F)F)c2)=C(c2ccccc2)C(c2ccccc2)=C1c1cccc(C(F)(F)F)c1. The van der Waals surface area contributed by atoms with E-state index in [4.69, 9.17) is 0 Å². The summed E-state index contributed by atoms with van der Waals surface area (Å²) in [6.07, 6.45) is -9.19. The molecule has 0 radical (unpaired) electrons. The van der Waals surface area contributed by atoms with E-state index < -0.39 is 36.6 Å². The first kappa shape index (κ1) is 32.3. The molecule has 0 N–H and O–H groups in total. The van der Waals surface area contributed by atoms with Gasteiger partial charge in [0.05, 0.1) is 11.1 Å². The van der Waals surface area contributed by atoms with E-state index in [1.165, 1.54) is 24.3 Å². The molecule has 0 bridgehead atoms. The van der Waals surface area contributed by atoms with E-state index in [9.17, 15) is 26.3 Å². The summed E-state index contributed by atoms with van der Waals surface area (Å²) in [6, 6.07) is 39.3. The second-order valence-corrected chi connectivity index (χ2v) is 17.3. The zero-order valence-electron chi connectivity index (χ0n) is 26.0. The fraction of sp³-hybridized carbons (Fsp3) is 0.150. The van der Waals surface area contributed by atoms with Crippen LogP contribution in [0.3, 0.4) is 0 Å². The van der Waals surface area contributed by atoms with Gasteiger partial charge in [-0.05, 0) is 78.3 Å². The van der Waals surface area contributed by atoms with Gasteiger partial charge in [-0.15, -0.1) is 0 Å². The number of hydrogen-bond acceptors (Lipinski definition) is 0. The summed E-state index contributed by atoms with van der Waals surface area (Å²) in [6.45, 7) is 6.18. The lowest BCUT2D eigenvalue weighted by Crippen LogP contribution is -2.56. The minimum Gasteiger partial charge on any atom is -0.166 e. The van der Waals surface area contributed by atoms with Gasteiger partial charge < -0.3 is 0 Å². The molecule has 1 aliphatic rings. The Morgan fingerprint density at radius 2 is 0.745 bits per heavy atom. The van der Waals surface area contributed by atoms with Crippen molar-refractivity contribution < 1.29 is 26.3 Å². The van der Waals surface area contributed by atoms with Gasteiger partial charge in [-0.3, -0.25) is 0 Å². The molecule has 7 heteroatoms. The number of rotatable bonds is 5. The van der Waals surface area contributed by atoms with Crippen molar-refractivity contribution in [1.29, 1.82) is 0 Å². The molecule has 0 saturated heterocycles. The third kappa shape index (κ3) is 5.67. The molecule has 0 unspecified atom stereocenters. The van der Waals surface area contributed by atoms with Crippen molar-refractivity contribution in [1.82, 2.24) is 0 Å². The van der Waals surface area contributed by atoms with Gasteiger partial charge in [0.25, 0.3) is 0 Å². The summed E-state index contributed by atoms with van der Waals surface area (Å²) in [5.74, 6) is 0. The predicted molar refractivity (Wildman–Crippen MR) is 181 cm³/mol. The minimum absolute atomic E-state index is 0.402. The summed E-state index contributed by atoms with van der Waals surface area (Å²) >= 11 is 0. The highest BCUT2D eigenvalue weighted by atomic mass is 28.3. The third-order valence-corrected chi connectivity index (χ3v) is 14.9. The van der Waals surface area contributed by atoms with E-state index in [0.717, 1.165) is 50.0 Å². The molecule has 0 fully saturated rings. The molecule has 5 aromatic rings. The normalized spacial score (nSPS) is 15.3. The second-order valence-electron chi connectivity index (χ2n) is 12.8. The smallest absolute Gasteiger partial charge is 0.166 e. The number of halogens is 6. The van der Waals surface area contributed by atoms with Crippen LogP contribution in [-0.2, 0) is 12.4 Å². The fourth-order valence-electron chi connectivity index (χ4n) is 7.12. The van der Waals surface area contributed by atoms with Crippen LogP contribution in [0, 0.1) is 0 Å². The van der Waals surface area contributed by atoms with Gasteiger partial charge in [-0.1, -0.05) is 136 Å². The quantitative estimate of drug-likeness (QED) is 0.131. The Hall–Kier alpha value is -4.62. The maximum absolute atomic E-state index is 14.3. The van der Waals surface area contributed by atoms with E-state index in [-0.39, 0.29) is 0 Å². The minimum atomic E-state index is -4.60. The van der Waals surface area contributed by atoms with Crippen LogP contribution in [0.1, 0.15) is 54.2 Å². The van der Waals surface area contributed by atoms with E-state index >= 15 is 0 Å². The number of hydrogen-bond donors (Lipinski definition) is 0. The van der Waals surface area contributed by atoms with E-state index in [1.807, 2.05) is 91.0 Å². The van der Waals surface area contributed by atoms with Gasteiger partial charge in [0.15, 0.2) is 8.07 Å². The largest absolute Gasteiger partial charge is 0.416 e. The van der Waals surface area contributed by atoms with Crippen LogP contribution in [0.25, 0.3) is 21.5 Å². The Balaban J connectivity index is 1.91. The second kappa shape index (κ2) is 11.9. The Morgan fingerprint density at radius 3 is 1.09 bits per heavy atom. The molecule has 1 heterocycles. The van der Waals surface area contributed by atoms with Crippen LogP contribution < -0.4 is 5.19 Å². The molecular formula is C40H32F6Si. The maximum Gasteiger partial charge on any atom is 0.416 e. The molecule has 0 amide bonds. The summed E-state index contributed by atoms with van der Waals surface area (Å²) in [7, 11) is -3.58. The van der Waals surface area contributed by atoms with Gasteiger partial charge in [0.2, 0.25) is 0 Å². The molecular weight excluding hydrogens is 623 g/mol. The number of benzene rings is 5. The summed E-state index contributed by atoms with van der Waals surface area (Å²) in [4.78, 5) is 0. The lowest BCUT2D eigenvalue weighted by Gasteiger charge is -2.46. The average Bonchev–Trinajstić information content (AvgIpc) is 3.39. The van der Waals surface area contributed by atoms with Gasteiger partial charge in [-0.25, -0.2) is 0 Å². The predicted octanol–water partition coefficient (Wildman–Crippen LogP) is 11.5. The molecule has 0 saturated carbocycles. The zero-order valence-corrected chi connectivity index (χ0v) is 27.0. The lowest BCUT2D eigenvalue weighted by atomic mass is 9.89. The standard InChI is InChI=1S/C40H32F6Si/c1-38(2,3)47(33-23-11-6-12-24-33)36(29-19-13-21-31(25-29)39(41,42)43)34(27-15-7-4-8-16-27)35(28-17-9-5-10-18-28)37(47)30-20-14-22-32(26-30)40(44,45)46/h4-26H,1-3H3. The first-order valence-electron chi connectivity index (χ1n) is 15.3. The third-order valence-electron chi connectivity index (χ3n) is 8.91. The highest BCUT2D eigenvalue weighted by molar-refractivity contribution is 7.23. The van der Waals surface area contributed by atoms with Crippen molar-refractivity contribution >= 4 is 34.8 Å². The molecule has 0 spiro atoms. The van der Waals surface area contributed by atoms with Crippen molar-refractivity contribution in [2.24, 2.45) is 0 Å². The Morgan fingerprint density at radius 1 is 0.404 bits per heavy atom. The van der Waals surface area contributed by atoms with Gasteiger partial charge in [-0.2, -0.15) is 26.3 Å². The van der Waals surface area contributed by atoms with Crippen LogP contribution in [-0.4, -0.2) is 8.07 Å². The fourth-order valence-corrected chi connectivity index (χ4v) is 13.5. The lowest BCUT2D eigenvalue weighted by molar-refractivity contribution is -0.138. The van der Waals surface area contributed by atoms with E-state index in [0.29, 0.717) is 11.1 Å². The van der Waals surface area contributed by atoms with Crippen LogP contribution in [0.15, 0.2) is 140 Å². The van der Waals surface area contributed by atoms with Crippen molar-refractivity contribution in [3.05, 3.63) is 173 Å². The molecule has 47 heavy (non-hydrogen) atoms. The van der Waals surface area contributed by atoms with Crippen LogP contribution in [0.4, 0.5) is 26.3 Å². The summed E-state index contributed by atoms with van der Waals surface area (Å²) in [5.41, 5.74) is 2.25. The summed E-state index contributed by atoms with van der Waals surface area (Å²) < 4.78 is 86.1. The Kier molecular flexibility index (Phi) is 8.17. The topological polar surface area (TPSA) is 0 Å². The first-order valence-corrected chi connectivity index (χ1v) is 17.3. The molecule has 0 aliphatic carbocycles. The van der Waals surface area contributed by atoms with Crippen LogP contribution in [0.2, 0.25) is 5.04 Å². The number of alkyl halides is 6. The first-order chi connectivity index (χ1) is 22.2. The monoisotopic (exact) mass is 654 g/mol. The highest BCUT2D eigenvalue weighted by Gasteiger charge is 2.58. The maximum atomic E-state index is 14.3. The molecule has 238 valence electrons. The molecule has 0 aromatic heterocycles. The Bertz CT molecular complexity index is 1850. The van der Waals surface area contributed by atoms with Crippen molar-refractivity contribution in [2.75, 3.05) is 0 Å². The van der Waals surface area contributed by atoms with Gasteiger partial charge in [0.1, 0.15) is 0 Å². The van der Waals surface area contributed by atoms with Crippen molar-refractivity contribution in [3.8, 4) is 0 Å². The van der Waals surface area contributed by atoms with Crippen LogP contribution in [0.5, 0.6) is 0 Å². The van der Waals surface area contributed by atoms with Gasteiger partial charge >= 0.3 is 12.4 Å². The van der Waals surface area contributed by atoms with Crippen LogP contribution >= 0.6 is 0 Å². The Labute approximate surface area is 271 Å². The average molecular weight is 655 g/mol. The van der Waals surface area contributed by atoms with Crippen molar-refractivity contribution in [3.63, 3.8) is 0 Å². The molecule has 5 aromatic carbocycles. The highest BCUT2D eigenvalue weighted by Crippen LogP contribution is 2.62. The molecule has 1 aliphatic heterocycles. The van der Waals surface area contributed by atoms with E-state index in [1.54, 1.807) is 12.1 Å².